The van der Waals surface area contributed by atoms with Crippen molar-refractivity contribution in [2.75, 3.05) is 41.1 Å². The van der Waals surface area contributed by atoms with Crippen LogP contribution in [-0.4, -0.2) is 119 Å². The number of phenols is 1. The fourth-order valence-corrected chi connectivity index (χ4v) is 10.8. The normalized spacial score (nSPS) is 13.0. The molecule has 0 amide bonds. The number of benzene rings is 5. The number of nitrogens with zero attached hydrogens (tertiary/aromatic N) is 7. The Balaban J connectivity index is 1.33. The Bertz CT molecular complexity index is 3960. The monoisotopic (exact) mass is 1190 g/mol. The first-order valence-corrected chi connectivity index (χ1v) is 29.0. The molecule has 1 heterocycles. The number of aromatic nitrogens is 3. The number of hydrogen-bond acceptors (Lipinski definition) is 29. The molecule has 0 fully saturated rings. The molecule has 0 saturated heterocycles. The standard InChI is InChI=1S/C35H31FN10O22S7/c36-33-40-34(38-19-1-6-22(7-2-19)70(49,50)13-11-65-74(59,60)61)42-35(41-33)39-21-5-10-26(72(53,54)55)24(17-21)44-45-30-25(69-68-67-48)15-18-16-27(73(56,57)58)31(29(37)28(18)32(30)47)46-43-20-3-8-23(9-4-20)71(51,52)14-12-66-75(62,63)64/h1-10,15-17,47-48H,11-14,37H2,(H,53,54,55)(H,56,57,58)(H,59,60,61)(H,62,63,64)(H2,38,39,40,41,42). The van der Waals surface area contributed by atoms with Crippen LogP contribution < -0.4 is 16.4 Å². The Kier molecular flexibility index (Phi) is 17.5. The zero-order valence-corrected chi connectivity index (χ0v) is 42.2. The van der Waals surface area contributed by atoms with Crippen LogP contribution in [0, 0.1) is 6.08 Å². The number of nitrogens with one attached hydrogen (secondary N) is 2. The zero-order valence-electron chi connectivity index (χ0n) is 36.5. The quantitative estimate of drug-likeness (QED) is 0.0103. The van der Waals surface area contributed by atoms with Crippen molar-refractivity contribution in [2.45, 2.75) is 24.5 Å². The van der Waals surface area contributed by atoms with E-state index in [4.69, 9.17) is 20.1 Å². The third-order valence-electron chi connectivity index (χ3n) is 9.20. The fourth-order valence-electron chi connectivity index (χ4n) is 6.05. The summed E-state index contributed by atoms with van der Waals surface area (Å²) in [5, 5.41) is 43.9. The Labute approximate surface area is 425 Å². The first kappa shape index (κ1) is 57.7. The summed E-state index contributed by atoms with van der Waals surface area (Å²) in [4.78, 5) is 8.03. The van der Waals surface area contributed by atoms with Gasteiger partial charge in [0.2, 0.25) is 11.9 Å². The number of azo groups is 2. The molecule has 75 heavy (non-hydrogen) atoms. The van der Waals surface area contributed by atoms with E-state index in [1.807, 2.05) is 0 Å². The lowest BCUT2D eigenvalue weighted by molar-refractivity contribution is -0.432. The van der Waals surface area contributed by atoms with Crippen LogP contribution in [-0.2, 0) is 78.4 Å². The van der Waals surface area contributed by atoms with Crippen LogP contribution in [0.2, 0.25) is 0 Å². The van der Waals surface area contributed by atoms with Crippen LogP contribution in [0.3, 0.4) is 0 Å². The molecule has 6 rings (SSSR count). The Morgan fingerprint density at radius 2 is 1.12 bits per heavy atom. The van der Waals surface area contributed by atoms with E-state index in [0.717, 1.165) is 66.7 Å². The maximum Gasteiger partial charge on any atom is 0.397 e. The van der Waals surface area contributed by atoms with Gasteiger partial charge in [0.25, 0.3) is 20.2 Å². The van der Waals surface area contributed by atoms with Crippen molar-refractivity contribution >= 4 is 135 Å². The molecule has 0 radical (unpaired) electrons. The number of sulfone groups is 2. The summed E-state index contributed by atoms with van der Waals surface area (Å²) < 4.78 is 208. The molecule has 40 heteroatoms. The van der Waals surface area contributed by atoms with Crippen LogP contribution in [0.1, 0.15) is 0 Å². The largest absolute Gasteiger partial charge is 0.505 e. The molecule has 5 aromatic carbocycles. The lowest BCUT2D eigenvalue weighted by Crippen LogP contribution is -2.15. The van der Waals surface area contributed by atoms with Gasteiger partial charge in [-0.2, -0.15) is 58.1 Å². The van der Waals surface area contributed by atoms with Gasteiger partial charge in [-0.15, -0.1) is 19.7 Å². The van der Waals surface area contributed by atoms with Gasteiger partial charge in [-0.3, -0.25) is 18.2 Å². The topological polar surface area (TPSA) is 501 Å². The van der Waals surface area contributed by atoms with E-state index >= 15 is 0 Å². The van der Waals surface area contributed by atoms with Crippen molar-refractivity contribution in [1.82, 2.24) is 15.0 Å². The van der Waals surface area contributed by atoms with Gasteiger partial charge in [-0.25, -0.2) is 30.5 Å². The molecular weight excluding hydrogens is 1160 g/mol. The lowest BCUT2D eigenvalue weighted by Gasteiger charge is -2.14. The van der Waals surface area contributed by atoms with E-state index in [0.29, 0.717) is 0 Å². The maximum absolute atomic E-state index is 14.7. The van der Waals surface area contributed by atoms with Crippen LogP contribution >= 0.6 is 12.0 Å². The Hall–Kier alpha value is -6.61. The van der Waals surface area contributed by atoms with E-state index in [2.05, 4.69) is 63.8 Å². The van der Waals surface area contributed by atoms with Gasteiger partial charge in [0.15, 0.2) is 25.4 Å². The SMILES string of the molecule is Nc1c(N=Nc2ccc(S(=O)(=O)CCOS(=O)(=O)O)cc2)c(S(=O)(=O)O)cc2cc(SOOO)c(N=Nc3cc(Nc4nc(F)nc(Nc5ccc(S(=O)(=O)CCOS(=O)(=O)O)cc5)n4)ccc3S(=O)(=O)O)c(O)c12. The number of anilines is 5. The number of nitrogens with two attached hydrogens (primary N) is 1. The minimum absolute atomic E-state index is 0.0964. The summed E-state index contributed by atoms with van der Waals surface area (Å²) >= 11 is 0.104. The number of nitrogen functional groups attached to an aromatic ring is 1. The third kappa shape index (κ3) is 15.5. The molecule has 0 aliphatic rings. The lowest BCUT2D eigenvalue weighted by atomic mass is 10.1. The van der Waals surface area contributed by atoms with Gasteiger partial charge in [0.05, 0.1) is 68.2 Å². The van der Waals surface area contributed by atoms with Gasteiger partial charge in [-0.1, -0.05) is 5.04 Å². The number of aromatic hydroxyl groups is 1. The summed E-state index contributed by atoms with van der Waals surface area (Å²) in [6, 6.07) is 13.2. The van der Waals surface area contributed by atoms with E-state index in [1.54, 1.807) is 0 Å². The average molecular weight is 1190 g/mol. The van der Waals surface area contributed by atoms with Gasteiger partial charge in [-0.05, 0) is 84.2 Å². The van der Waals surface area contributed by atoms with Crippen molar-refractivity contribution in [3.05, 3.63) is 84.9 Å². The minimum Gasteiger partial charge on any atom is -0.505 e. The van der Waals surface area contributed by atoms with E-state index in [1.165, 1.54) is 12.1 Å². The highest BCUT2D eigenvalue weighted by Gasteiger charge is 2.27. The molecule has 0 bridgehead atoms. The molecule has 0 aliphatic heterocycles. The van der Waals surface area contributed by atoms with Gasteiger partial charge < -0.3 is 21.5 Å². The summed E-state index contributed by atoms with van der Waals surface area (Å²) in [6.45, 7) is -1.82. The first-order chi connectivity index (χ1) is 34.8. The second-order valence-corrected chi connectivity index (χ2v) is 24.1. The number of phenolic OH excluding ortho intramolecular Hbond substituents is 1. The minimum atomic E-state index is -5.25. The van der Waals surface area contributed by atoms with E-state index in [9.17, 15) is 69.1 Å². The number of halogens is 1. The molecule has 0 unspecified atom stereocenters. The molecule has 32 nitrogen and oxygen atoms in total. The Morgan fingerprint density at radius 3 is 1.64 bits per heavy atom. The molecule has 0 spiro atoms. The predicted octanol–water partition coefficient (Wildman–Crippen LogP) is 4.88. The van der Waals surface area contributed by atoms with Crippen LogP contribution in [0.25, 0.3) is 10.8 Å². The molecule has 10 N–H and O–H groups in total. The van der Waals surface area contributed by atoms with Crippen molar-refractivity contribution in [3.63, 3.8) is 0 Å². The second-order valence-electron chi connectivity index (χ2n) is 14.2. The molecule has 0 saturated carbocycles. The Morgan fingerprint density at radius 1 is 0.613 bits per heavy atom. The van der Waals surface area contributed by atoms with Crippen molar-refractivity contribution < 1.29 is 101 Å². The second kappa shape index (κ2) is 22.7. The molecule has 6 aromatic rings. The van der Waals surface area contributed by atoms with Crippen LogP contribution in [0.15, 0.2) is 124 Å². The van der Waals surface area contributed by atoms with Crippen molar-refractivity contribution in [2.24, 2.45) is 20.5 Å². The molecular formula is C35H31FN10O22S7. The van der Waals surface area contributed by atoms with E-state index < -0.39 is 152 Å². The van der Waals surface area contributed by atoms with Gasteiger partial charge in [0.1, 0.15) is 26.9 Å². The van der Waals surface area contributed by atoms with E-state index in [-0.39, 0.29) is 44.3 Å². The highest BCUT2D eigenvalue weighted by atomic mass is 32.3. The number of rotatable bonds is 23. The van der Waals surface area contributed by atoms with Crippen LogP contribution in [0.5, 0.6) is 5.75 Å². The first-order valence-electron chi connectivity index (χ1n) is 19.4. The predicted molar refractivity (Wildman–Crippen MR) is 253 cm³/mol. The summed E-state index contributed by atoms with van der Waals surface area (Å²) in [5.74, 6) is -3.71. The summed E-state index contributed by atoms with van der Waals surface area (Å²) in [6.07, 6.45) is -1.38. The third-order valence-corrected chi connectivity index (χ3v) is 15.9. The highest BCUT2D eigenvalue weighted by molar-refractivity contribution is 7.94. The summed E-state index contributed by atoms with van der Waals surface area (Å²) in [7, 11) is -28.5. The van der Waals surface area contributed by atoms with Crippen molar-refractivity contribution in [1.29, 1.82) is 0 Å². The number of fused-ring (bicyclic) bond motifs is 1. The average Bonchev–Trinajstić information content (AvgIpc) is 3.28. The molecule has 402 valence electrons. The van der Waals surface area contributed by atoms with Crippen LogP contribution in [0.4, 0.5) is 56.1 Å². The highest BCUT2D eigenvalue weighted by Crippen LogP contribution is 2.50. The van der Waals surface area contributed by atoms with Gasteiger partial charge in [0, 0.05) is 11.4 Å². The summed E-state index contributed by atoms with van der Waals surface area (Å²) in [5.41, 5.74) is 3.15. The van der Waals surface area contributed by atoms with Crippen molar-refractivity contribution in [3.8, 4) is 5.75 Å². The number of hydrogen-bond donors (Lipinski definition) is 9. The van der Waals surface area contributed by atoms with Gasteiger partial charge >= 0.3 is 26.9 Å². The molecule has 1 aromatic heterocycles. The maximum atomic E-state index is 14.7. The molecule has 0 atom stereocenters. The smallest absolute Gasteiger partial charge is 0.397 e. The fraction of sp³-hybridized carbons (Fsp3) is 0.114. The zero-order chi connectivity index (χ0) is 55.3. The molecule has 0 aliphatic carbocycles.